The molecule has 0 aliphatic carbocycles. The molecular formula is C5H10O2. The Kier molecular flexibility index (Phi) is 4.04. The lowest BCUT2D eigenvalue weighted by molar-refractivity contribution is 0.0687. The summed E-state index contributed by atoms with van der Waals surface area (Å²) in [5, 5.41) is 19.8. The minimum atomic E-state index is -0.208. The normalized spacial score (nSPS) is 10.3. The van der Waals surface area contributed by atoms with Gasteiger partial charge in [0.2, 0.25) is 0 Å². The first kappa shape index (κ1) is 6.92. The van der Waals surface area contributed by atoms with E-state index in [2.05, 4.69) is 0 Å². The van der Waals surface area contributed by atoms with Crippen molar-refractivity contribution in [2.75, 3.05) is 13.2 Å². The van der Waals surface area contributed by atoms with Crippen LogP contribution in [0.15, 0.2) is 0 Å². The molecule has 0 aliphatic heterocycles. The van der Waals surface area contributed by atoms with Crippen LogP contribution >= 0.6 is 0 Å². The lowest BCUT2D eigenvalue weighted by Gasteiger charge is -2.00. The first-order valence-electron chi connectivity index (χ1n) is 2.51. The summed E-state index contributed by atoms with van der Waals surface area (Å²) in [6.45, 7) is 1.44. The van der Waals surface area contributed by atoms with E-state index in [9.17, 15) is 10.2 Å². The second kappa shape index (κ2) is 4.09. The number of hydrogen-bond donors (Lipinski definition) is 0. The maximum atomic E-state index is 9.89. The van der Waals surface area contributed by atoms with Crippen molar-refractivity contribution in [3.63, 3.8) is 0 Å². The van der Waals surface area contributed by atoms with Crippen molar-refractivity contribution in [1.29, 1.82) is 0 Å². The van der Waals surface area contributed by atoms with Gasteiger partial charge in [-0.05, 0) is 6.42 Å². The van der Waals surface area contributed by atoms with Crippen LogP contribution in [0.3, 0.4) is 0 Å². The van der Waals surface area contributed by atoms with Gasteiger partial charge in [-0.2, -0.15) is 0 Å². The van der Waals surface area contributed by atoms with Crippen LogP contribution in [0.1, 0.15) is 13.3 Å². The summed E-state index contributed by atoms with van der Waals surface area (Å²) in [7, 11) is 0. The minimum Gasteiger partial charge on any atom is -0.236 e. The highest BCUT2D eigenvalue weighted by molar-refractivity contribution is 4.48. The van der Waals surface area contributed by atoms with E-state index in [-0.39, 0.29) is 19.1 Å². The van der Waals surface area contributed by atoms with Crippen LogP contribution in [0.2, 0.25) is 0 Å². The van der Waals surface area contributed by atoms with Gasteiger partial charge >= 0.3 is 0 Å². The second-order valence-electron chi connectivity index (χ2n) is 1.61. The smallest absolute Gasteiger partial charge is 0.0873 e. The highest BCUT2D eigenvalue weighted by Crippen LogP contribution is 1.97. The molecule has 2 radical (unpaired) electrons. The van der Waals surface area contributed by atoms with Crippen molar-refractivity contribution in [2.45, 2.75) is 13.3 Å². The minimum absolute atomic E-state index is 0.125. The maximum Gasteiger partial charge on any atom is 0.0873 e. The third-order valence-electron chi connectivity index (χ3n) is 1.05. The highest BCUT2D eigenvalue weighted by atomic mass is 16.3. The van der Waals surface area contributed by atoms with Gasteiger partial charge in [0.05, 0.1) is 13.2 Å². The fourth-order valence-electron chi connectivity index (χ4n) is 0.284. The van der Waals surface area contributed by atoms with Crippen molar-refractivity contribution in [3.8, 4) is 0 Å². The summed E-state index contributed by atoms with van der Waals surface area (Å²) in [5.74, 6) is -0.125. The summed E-state index contributed by atoms with van der Waals surface area (Å²) in [6, 6.07) is 0. The molecule has 0 aromatic rings. The average Bonchev–Trinajstić information content (AvgIpc) is 1.72. The summed E-state index contributed by atoms with van der Waals surface area (Å²) < 4.78 is 0. The molecule has 42 valence electrons. The quantitative estimate of drug-likeness (QED) is 0.507. The second-order valence-corrected chi connectivity index (χ2v) is 1.61. The fraction of sp³-hybridized carbons (Fsp3) is 1.00. The van der Waals surface area contributed by atoms with E-state index < -0.39 is 0 Å². The molecule has 0 fully saturated rings. The van der Waals surface area contributed by atoms with Crippen LogP contribution < -0.4 is 0 Å². The van der Waals surface area contributed by atoms with Gasteiger partial charge in [0, 0.05) is 5.92 Å². The molecule has 0 unspecified atom stereocenters. The predicted octanol–water partition coefficient (Wildman–Crippen LogP) is 0.874. The van der Waals surface area contributed by atoms with Gasteiger partial charge in [0.1, 0.15) is 0 Å². The molecule has 0 saturated heterocycles. The Morgan fingerprint density at radius 1 is 1.29 bits per heavy atom. The van der Waals surface area contributed by atoms with E-state index in [1.54, 1.807) is 0 Å². The Morgan fingerprint density at radius 3 is 1.71 bits per heavy atom. The lowest BCUT2D eigenvalue weighted by Crippen LogP contribution is -2.06. The first-order valence-corrected chi connectivity index (χ1v) is 2.51. The third kappa shape index (κ3) is 2.60. The van der Waals surface area contributed by atoms with E-state index in [1.807, 2.05) is 6.92 Å². The van der Waals surface area contributed by atoms with E-state index in [0.717, 1.165) is 6.42 Å². The Balaban J connectivity index is 2.99. The van der Waals surface area contributed by atoms with E-state index in [1.165, 1.54) is 0 Å². The van der Waals surface area contributed by atoms with Gasteiger partial charge in [0.15, 0.2) is 0 Å². The SMILES string of the molecule is CCC(C[O])C[O]. The van der Waals surface area contributed by atoms with Crippen LogP contribution in [-0.4, -0.2) is 13.2 Å². The molecule has 0 aliphatic rings. The molecule has 0 aromatic carbocycles. The monoisotopic (exact) mass is 102 g/mol. The summed E-state index contributed by atoms with van der Waals surface area (Å²) in [5.41, 5.74) is 0. The summed E-state index contributed by atoms with van der Waals surface area (Å²) in [6.07, 6.45) is 0.729. The highest BCUT2D eigenvalue weighted by Gasteiger charge is 2.01. The molecule has 7 heavy (non-hydrogen) atoms. The van der Waals surface area contributed by atoms with Crippen LogP contribution in [0.4, 0.5) is 0 Å². The van der Waals surface area contributed by atoms with Gasteiger partial charge < -0.3 is 0 Å². The summed E-state index contributed by atoms with van der Waals surface area (Å²) in [4.78, 5) is 0. The van der Waals surface area contributed by atoms with Gasteiger partial charge in [-0.15, -0.1) is 0 Å². The Morgan fingerprint density at radius 2 is 1.71 bits per heavy atom. The zero-order valence-electron chi connectivity index (χ0n) is 4.52. The van der Waals surface area contributed by atoms with Gasteiger partial charge in [-0.1, -0.05) is 6.92 Å². The van der Waals surface area contributed by atoms with Crippen LogP contribution in [-0.2, 0) is 10.2 Å². The van der Waals surface area contributed by atoms with Crippen molar-refractivity contribution in [2.24, 2.45) is 5.92 Å². The third-order valence-corrected chi connectivity index (χ3v) is 1.05. The molecule has 0 heterocycles. The first-order chi connectivity index (χ1) is 3.35. The Bertz CT molecular complexity index is 27.6. The number of rotatable bonds is 3. The van der Waals surface area contributed by atoms with E-state index in [0.29, 0.717) is 0 Å². The molecular weight excluding hydrogens is 92.1 g/mol. The molecule has 0 N–H and O–H groups in total. The topological polar surface area (TPSA) is 39.8 Å². The van der Waals surface area contributed by atoms with Crippen LogP contribution in [0.5, 0.6) is 0 Å². The molecule has 2 heteroatoms. The zero-order valence-corrected chi connectivity index (χ0v) is 4.52. The van der Waals surface area contributed by atoms with E-state index >= 15 is 0 Å². The van der Waals surface area contributed by atoms with Gasteiger partial charge in [0.25, 0.3) is 0 Å². The largest absolute Gasteiger partial charge is 0.236 e. The number of hydrogen-bond acceptors (Lipinski definition) is 0. The molecule has 0 saturated carbocycles. The molecule has 2 nitrogen and oxygen atoms in total. The van der Waals surface area contributed by atoms with Crippen molar-refractivity contribution < 1.29 is 10.2 Å². The van der Waals surface area contributed by atoms with Crippen LogP contribution in [0.25, 0.3) is 0 Å². The standard InChI is InChI=1S/C5H10O2/c1-2-5(3-6)4-7/h5H,2-4H2,1H3. The van der Waals surface area contributed by atoms with E-state index in [4.69, 9.17) is 0 Å². The van der Waals surface area contributed by atoms with Crippen LogP contribution in [0, 0.1) is 5.92 Å². The predicted molar refractivity (Wildman–Crippen MR) is 24.9 cm³/mol. The Hall–Kier alpha value is -0.0800. The van der Waals surface area contributed by atoms with Gasteiger partial charge in [-0.3, -0.25) is 0 Å². The summed E-state index contributed by atoms with van der Waals surface area (Å²) >= 11 is 0. The van der Waals surface area contributed by atoms with Crippen molar-refractivity contribution >= 4 is 0 Å². The van der Waals surface area contributed by atoms with Crippen molar-refractivity contribution in [1.82, 2.24) is 0 Å². The maximum absolute atomic E-state index is 9.89. The Labute approximate surface area is 43.8 Å². The van der Waals surface area contributed by atoms with Gasteiger partial charge in [-0.25, -0.2) is 10.2 Å². The fourth-order valence-corrected chi connectivity index (χ4v) is 0.284. The van der Waals surface area contributed by atoms with Crippen molar-refractivity contribution in [3.05, 3.63) is 0 Å². The molecule has 0 rings (SSSR count). The molecule has 0 atom stereocenters. The molecule has 0 spiro atoms. The molecule has 0 bridgehead atoms. The molecule has 0 amide bonds. The molecule has 0 aromatic heterocycles. The lowest BCUT2D eigenvalue weighted by atomic mass is 10.1. The zero-order chi connectivity index (χ0) is 5.70. The average molecular weight is 102 g/mol.